The van der Waals surface area contributed by atoms with Gasteiger partial charge in [0.15, 0.2) is 0 Å². The van der Waals surface area contributed by atoms with E-state index in [0.29, 0.717) is 4.75 Å². The zero-order chi connectivity index (χ0) is 11.9. The highest BCUT2D eigenvalue weighted by molar-refractivity contribution is 8.18. The molecule has 1 unspecified atom stereocenters. The zero-order valence-electron chi connectivity index (χ0n) is 9.85. The first kappa shape index (κ1) is 15.8. The molecule has 0 nitrogen and oxygen atoms in total. The maximum absolute atomic E-state index is 4.33. The van der Waals surface area contributed by atoms with Crippen LogP contribution in [0.25, 0.3) is 0 Å². The van der Waals surface area contributed by atoms with Crippen molar-refractivity contribution in [2.45, 2.75) is 35.5 Å². The van der Waals surface area contributed by atoms with E-state index in [9.17, 15) is 0 Å². The van der Waals surface area contributed by atoms with Crippen LogP contribution >= 0.6 is 60.5 Å². The van der Waals surface area contributed by atoms with E-state index in [1.54, 1.807) is 0 Å². The molecule has 1 heterocycles. The minimum absolute atomic E-state index is 0.472. The molecule has 0 aromatic rings. The third kappa shape index (κ3) is 5.17. The van der Waals surface area contributed by atoms with Crippen LogP contribution in [-0.4, -0.2) is 38.1 Å². The summed E-state index contributed by atoms with van der Waals surface area (Å²) in [5.74, 6) is 5.66. The maximum Gasteiger partial charge on any atom is 0.0646 e. The molecule has 1 rings (SSSR count). The van der Waals surface area contributed by atoms with Gasteiger partial charge in [0.1, 0.15) is 0 Å². The SMILES string of the molecule is CC1(C(SCCS)SCCS)CCCCS1. The minimum Gasteiger partial charge on any atom is -0.179 e. The first-order valence-electron chi connectivity index (χ1n) is 5.82. The van der Waals surface area contributed by atoms with Gasteiger partial charge in [0.2, 0.25) is 0 Å². The molecule has 0 aliphatic carbocycles. The van der Waals surface area contributed by atoms with Crippen LogP contribution in [0.2, 0.25) is 0 Å². The van der Waals surface area contributed by atoms with Gasteiger partial charge in [-0.05, 0) is 37.0 Å². The highest BCUT2D eigenvalue weighted by Gasteiger charge is 2.36. The fraction of sp³-hybridized carbons (Fsp3) is 1.00. The van der Waals surface area contributed by atoms with Gasteiger partial charge in [0.05, 0.1) is 4.58 Å². The molecule has 0 aromatic heterocycles. The van der Waals surface area contributed by atoms with Crippen molar-refractivity contribution in [1.29, 1.82) is 0 Å². The van der Waals surface area contributed by atoms with Gasteiger partial charge < -0.3 is 0 Å². The van der Waals surface area contributed by atoms with Gasteiger partial charge in [-0.3, -0.25) is 0 Å². The predicted octanol–water partition coefficient (Wildman–Crippen LogP) is 4.31. The van der Waals surface area contributed by atoms with Crippen molar-refractivity contribution in [3.8, 4) is 0 Å². The molecule has 0 spiro atoms. The largest absolute Gasteiger partial charge is 0.179 e. The number of thioether (sulfide) groups is 3. The van der Waals surface area contributed by atoms with Crippen molar-refractivity contribution in [3.05, 3.63) is 0 Å². The third-order valence-electron chi connectivity index (χ3n) is 2.72. The monoisotopic (exact) mass is 314 g/mol. The first-order valence-corrected chi connectivity index (χ1v) is 10.2. The molecular weight excluding hydrogens is 292 g/mol. The van der Waals surface area contributed by atoms with E-state index < -0.39 is 0 Å². The lowest BCUT2D eigenvalue weighted by Crippen LogP contribution is -2.35. The molecule has 16 heavy (non-hydrogen) atoms. The molecule has 0 bridgehead atoms. The fourth-order valence-electron chi connectivity index (χ4n) is 1.86. The van der Waals surface area contributed by atoms with Crippen LogP contribution in [0.4, 0.5) is 0 Å². The van der Waals surface area contributed by atoms with E-state index in [2.05, 4.69) is 67.5 Å². The smallest absolute Gasteiger partial charge is 0.0646 e. The van der Waals surface area contributed by atoms with Crippen LogP contribution in [0.5, 0.6) is 0 Å². The van der Waals surface area contributed by atoms with Crippen molar-refractivity contribution in [2.24, 2.45) is 0 Å². The Hall–Kier alpha value is 1.75. The van der Waals surface area contributed by atoms with E-state index in [-0.39, 0.29) is 0 Å². The summed E-state index contributed by atoms with van der Waals surface area (Å²) in [6, 6.07) is 0. The molecule has 1 atom stereocenters. The van der Waals surface area contributed by atoms with E-state index in [1.165, 1.54) is 36.5 Å². The van der Waals surface area contributed by atoms with Crippen LogP contribution in [0.1, 0.15) is 26.2 Å². The van der Waals surface area contributed by atoms with Crippen molar-refractivity contribution < 1.29 is 0 Å². The lowest BCUT2D eigenvalue weighted by Gasteiger charge is -2.39. The van der Waals surface area contributed by atoms with Crippen LogP contribution < -0.4 is 0 Å². The van der Waals surface area contributed by atoms with Gasteiger partial charge in [-0.2, -0.15) is 37.0 Å². The third-order valence-corrected chi connectivity index (χ3v) is 9.00. The lowest BCUT2D eigenvalue weighted by atomic mass is 10.0. The second-order valence-corrected chi connectivity index (χ2v) is 9.39. The van der Waals surface area contributed by atoms with Crippen LogP contribution in [0.3, 0.4) is 0 Å². The Balaban J connectivity index is 2.50. The second-order valence-electron chi connectivity index (χ2n) is 4.14. The molecule has 0 N–H and O–H groups in total. The van der Waals surface area contributed by atoms with E-state index >= 15 is 0 Å². The highest BCUT2D eigenvalue weighted by atomic mass is 32.2. The average Bonchev–Trinajstić information content (AvgIpc) is 2.30. The topological polar surface area (TPSA) is 0 Å². The van der Waals surface area contributed by atoms with Crippen molar-refractivity contribution in [1.82, 2.24) is 0 Å². The summed E-state index contributed by atoms with van der Waals surface area (Å²) in [5.41, 5.74) is 0. The van der Waals surface area contributed by atoms with Gasteiger partial charge in [-0.25, -0.2) is 0 Å². The Bertz CT molecular complexity index is 171. The molecule has 0 radical (unpaired) electrons. The molecule has 0 saturated carbocycles. The summed E-state index contributed by atoms with van der Waals surface area (Å²) in [7, 11) is 0. The second kappa shape index (κ2) is 8.78. The van der Waals surface area contributed by atoms with Crippen molar-refractivity contribution >= 4 is 60.5 Å². The Labute approximate surface area is 124 Å². The molecule has 1 saturated heterocycles. The summed E-state index contributed by atoms with van der Waals surface area (Å²) in [5, 5.41) is 0. The summed E-state index contributed by atoms with van der Waals surface area (Å²) in [4.78, 5) is 0. The normalized spacial score (nSPS) is 26.2. The van der Waals surface area contributed by atoms with Crippen LogP contribution in [0, 0.1) is 0 Å². The maximum atomic E-state index is 4.33. The Morgan fingerprint density at radius 2 is 1.81 bits per heavy atom. The van der Waals surface area contributed by atoms with Gasteiger partial charge in [-0.1, -0.05) is 6.42 Å². The Morgan fingerprint density at radius 1 is 1.19 bits per heavy atom. The van der Waals surface area contributed by atoms with E-state index in [1.807, 2.05) is 0 Å². The molecule has 1 fully saturated rings. The first-order chi connectivity index (χ1) is 7.73. The number of rotatable bonds is 7. The molecule has 0 aromatic carbocycles. The molecule has 5 heteroatoms. The summed E-state index contributed by atoms with van der Waals surface area (Å²) < 4.78 is 1.19. The standard InChI is InChI=1S/C11H22S5/c1-11(4-2-3-7-16-11)10(14-8-5-12)15-9-6-13/h10,12-13H,2-9H2,1H3. The summed E-state index contributed by atoms with van der Waals surface area (Å²) in [6.07, 6.45) is 4.19. The van der Waals surface area contributed by atoms with E-state index in [0.717, 1.165) is 16.1 Å². The lowest BCUT2D eigenvalue weighted by molar-refractivity contribution is 0.568. The predicted molar refractivity (Wildman–Crippen MR) is 91.1 cm³/mol. The Kier molecular flexibility index (Phi) is 8.68. The summed E-state index contributed by atoms with van der Waals surface area (Å²) >= 11 is 15.0. The van der Waals surface area contributed by atoms with Crippen LogP contribution in [0.15, 0.2) is 0 Å². The van der Waals surface area contributed by atoms with Crippen molar-refractivity contribution in [3.63, 3.8) is 0 Å². The Morgan fingerprint density at radius 3 is 2.25 bits per heavy atom. The van der Waals surface area contributed by atoms with Crippen LogP contribution in [-0.2, 0) is 0 Å². The molecule has 1 aliphatic heterocycles. The van der Waals surface area contributed by atoms with Gasteiger partial charge in [0, 0.05) is 16.3 Å². The van der Waals surface area contributed by atoms with Gasteiger partial charge >= 0.3 is 0 Å². The quantitative estimate of drug-likeness (QED) is 0.531. The number of hydrogen-bond acceptors (Lipinski definition) is 5. The van der Waals surface area contributed by atoms with E-state index in [4.69, 9.17) is 0 Å². The number of thiol groups is 2. The van der Waals surface area contributed by atoms with Gasteiger partial charge in [0.25, 0.3) is 0 Å². The molecular formula is C11H22S5. The minimum atomic E-state index is 0.472. The molecule has 1 aliphatic rings. The average molecular weight is 315 g/mol. The number of hydrogen-bond donors (Lipinski definition) is 2. The summed E-state index contributed by atoms with van der Waals surface area (Å²) in [6.45, 7) is 2.46. The zero-order valence-corrected chi connectivity index (χ0v) is 14.1. The van der Waals surface area contributed by atoms with Gasteiger partial charge in [-0.15, -0.1) is 23.5 Å². The highest BCUT2D eigenvalue weighted by Crippen LogP contribution is 2.47. The molecule has 96 valence electrons. The van der Waals surface area contributed by atoms with Crippen molar-refractivity contribution in [2.75, 3.05) is 28.8 Å². The fourth-order valence-corrected chi connectivity index (χ4v) is 7.09. The molecule has 0 amide bonds.